The minimum atomic E-state index is -3.43. The molecule has 0 aromatic heterocycles. The van der Waals surface area contributed by atoms with E-state index in [1.807, 2.05) is 0 Å². The third-order valence-corrected chi connectivity index (χ3v) is 7.23. The molecule has 2 fully saturated rings. The van der Waals surface area contributed by atoms with Gasteiger partial charge in [0, 0.05) is 11.8 Å². The third kappa shape index (κ3) is 1.92. The number of hydrogen-bond donors (Lipinski definition) is 0. The largest absolute Gasteiger partial charge is 0.274 e. The first-order chi connectivity index (χ1) is 8.72. The Kier molecular flexibility index (Phi) is 3.49. The second-order valence-electron chi connectivity index (χ2n) is 6.64. The van der Waals surface area contributed by atoms with Crippen LogP contribution in [-0.4, -0.2) is 30.4 Å². The number of hydrogen-bond acceptors (Lipinski definition) is 3. The normalized spacial score (nSPS) is 35.4. The highest BCUT2D eigenvalue weighted by Gasteiger charge is 2.65. The van der Waals surface area contributed by atoms with Gasteiger partial charge in [0.05, 0.1) is 11.8 Å². The van der Waals surface area contributed by atoms with Gasteiger partial charge in [-0.2, -0.15) is 0 Å². The van der Waals surface area contributed by atoms with E-state index in [2.05, 4.69) is 20.8 Å². The molecule has 1 aliphatic heterocycles. The molecule has 1 amide bonds. The molecule has 0 spiro atoms. The van der Waals surface area contributed by atoms with E-state index >= 15 is 0 Å². The second kappa shape index (κ2) is 4.47. The highest BCUT2D eigenvalue weighted by Crippen LogP contribution is 2.61. The van der Waals surface area contributed by atoms with Crippen molar-refractivity contribution in [3.63, 3.8) is 0 Å². The van der Waals surface area contributed by atoms with Crippen LogP contribution in [0.25, 0.3) is 0 Å². The number of rotatable bonds is 3. The van der Waals surface area contributed by atoms with Crippen LogP contribution >= 0.6 is 0 Å². The fourth-order valence-corrected chi connectivity index (χ4v) is 6.86. The molecule has 0 radical (unpaired) electrons. The third-order valence-electron chi connectivity index (χ3n) is 5.30. The molecule has 0 aromatic rings. The van der Waals surface area contributed by atoms with Crippen LogP contribution in [0.2, 0.25) is 0 Å². The van der Waals surface area contributed by atoms with Gasteiger partial charge < -0.3 is 0 Å². The predicted octanol–water partition coefficient (Wildman–Crippen LogP) is 2.54. The zero-order chi connectivity index (χ0) is 14.5. The van der Waals surface area contributed by atoms with Crippen molar-refractivity contribution in [2.75, 3.05) is 5.75 Å². The summed E-state index contributed by atoms with van der Waals surface area (Å²) in [5.41, 5.74) is -0.255. The minimum Gasteiger partial charge on any atom is -0.274 e. The molecule has 19 heavy (non-hydrogen) atoms. The zero-order valence-electron chi connectivity index (χ0n) is 12.4. The number of nitrogens with zero attached hydrogens (tertiary/aromatic N) is 1. The SMILES string of the molecule is CCCC12CS(=O)(=O)N(C(=O)CC)C1CCC2(C)C. The van der Waals surface area contributed by atoms with E-state index < -0.39 is 10.0 Å². The molecule has 0 bridgehead atoms. The Bertz CT molecular complexity index is 483. The van der Waals surface area contributed by atoms with Gasteiger partial charge in [0.1, 0.15) is 0 Å². The van der Waals surface area contributed by atoms with Gasteiger partial charge in [-0.15, -0.1) is 0 Å². The van der Waals surface area contributed by atoms with Crippen molar-refractivity contribution in [3.05, 3.63) is 0 Å². The Balaban J connectivity index is 2.51. The Hall–Kier alpha value is -0.580. The molecule has 1 aliphatic carbocycles. The first kappa shape index (κ1) is 14.8. The number of amides is 1. The number of fused-ring (bicyclic) bond motifs is 1. The maximum atomic E-state index is 12.4. The lowest BCUT2D eigenvalue weighted by Gasteiger charge is -2.40. The fourth-order valence-electron chi connectivity index (χ4n) is 4.20. The molecule has 1 saturated heterocycles. The lowest BCUT2D eigenvalue weighted by molar-refractivity contribution is -0.128. The summed E-state index contributed by atoms with van der Waals surface area (Å²) in [6.07, 6.45) is 3.93. The molecular formula is C14H25NO3S. The molecule has 0 aromatic carbocycles. The van der Waals surface area contributed by atoms with Gasteiger partial charge in [-0.3, -0.25) is 4.79 Å². The molecule has 2 rings (SSSR count). The second-order valence-corrected chi connectivity index (χ2v) is 8.49. The average Bonchev–Trinajstić information content (AvgIpc) is 2.67. The molecule has 0 N–H and O–H groups in total. The van der Waals surface area contributed by atoms with Gasteiger partial charge in [-0.1, -0.05) is 34.1 Å². The lowest BCUT2D eigenvalue weighted by atomic mass is 9.65. The summed E-state index contributed by atoms with van der Waals surface area (Å²) in [7, 11) is -3.43. The Labute approximate surface area is 116 Å². The quantitative estimate of drug-likeness (QED) is 0.801. The Morgan fingerprint density at radius 3 is 2.47 bits per heavy atom. The van der Waals surface area contributed by atoms with E-state index in [0.717, 1.165) is 25.7 Å². The highest BCUT2D eigenvalue weighted by molar-refractivity contribution is 7.90. The minimum absolute atomic E-state index is 0.0104. The van der Waals surface area contributed by atoms with Crippen LogP contribution in [0, 0.1) is 10.8 Å². The summed E-state index contributed by atoms with van der Waals surface area (Å²) in [6, 6.07) is -0.111. The van der Waals surface area contributed by atoms with E-state index in [-0.39, 0.29) is 35.0 Å². The van der Waals surface area contributed by atoms with Crippen LogP contribution in [0.5, 0.6) is 0 Å². The summed E-state index contributed by atoms with van der Waals surface area (Å²) < 4.78 is 26.1. The van der Waals surface area contributed by atoms with Crippen LogP contribution in [-0.2, 0) is 14.8 Å². The summed E-state index contributed by atoms with van der Waals surface area (Å²) in [4.78, 5) is 12.1. The van der Waals surface area contributed by atoms with Crippen molar-refractivity contribution in [2.24, 2.45) is 10.8 Å². The summed E-state index contributed by atoms with van der Waals surface area (Å²) in [5, 5.41) is 0. The molecule has 2 unspecified atom stereocenters. The number of carbonyl (C=O) groups is 1. The molecule has 4 nitrogen and oxygen atoms in total. The molecule has 110 valence electrons. The van der Waals surface area contributed by atoms with Crippen molar-refractivity contribution >= 4 is 15.9 Å². The van der Waals surface area contributed by atoms with Crippen LogP contribution in [0.15, 0.2) is 0 Å². The highest BCUT2D eigenvalue weighted by atomic mass is 32.2. The van der Waals surface area contributed by atoms with E-state index in [0.29, 0.717) is 0 Å². The monoisotopic (exact) mass is 287 g/mol. The van der Waals surface area contributed by atoms with Crippen LogP contribution in [0.3, 0.4) is 0 Å². The molecular weight excluding hydrogens is 262 g/mol. The average molecular weight is 287 g/mol. The predicted molar refractivity (Wildman–Crippen MR) is 75.1 cm³/mol. The zero-order valence-corrected chi connectivity index (χ0v) is 13.2. The van der Waals surface area contributed by atoms with Crippen molar-refractivity contribution in [3.8, 4) is 0 Å². The van der Waals surface area contributed by atoms with Crippen molar-refractivity contribution in [1.29, 1.82) is 0 Å². The van der Waals surface area contributed by atoms with Crippen molar-refractivity contribution < 1.29 is 13.2 Å². The molecule has 2 aliphatic rings. The van der Waals surface area contributed by atoms with E-state index in [9.17, 15) is 13.2 Å². The Morgan fingerprint density at radius 1 is 1.32 bits per heavy atom. The van der Waals surface area contributed by atoms with E-state index in [1.54, 1.807) is 6.92 Å². The fraction of sp³-hybridized carbons (Fsp3) is 0.929. The van der Waals surface area contributed by atoms with Gasteiger partial charge in [0.25, 0.3) is 0 Å². The van der Waals surface area contributed by atoms with Gasteiger partial charge in [-0.25, -0.2) is 12.7 Å². The van der Waals surface area contributed by atoms with Crippen molar-refractivity contribution in [2.45, 2.75) is 65.8 Å². The number of sulfonamides is 1. The summed E-state index contributed by atoms with van der Waals surface area (Å²) in [5.74, 6) is -0.0854. The van der Waals surface area contributed by atoms with Crippen LogP contribution in [0.4, 0.5) is 0 Å². The molecule has 1 saturated carbocycles. The van der Waals surface area contributed by atoms with E-state index in [1.165, 1.54) is 4.31 Å². The van der Waals surface area contributed by atoms with Crippen LogP contribution in [0.1, 0.15) is 59.8 Å². The van der Waals surface area contributed by atoms with E-state index in [4.69, 9.17) is 0 Å². The maximum Gasteiger partial charge on any atom is 0.238 e. The van der Waals surface area contributed by atoms with Crippen molar-refractivity contribution in [1.82, 2.24) is 4.31 Å². The topological polar surface area (TPSA) is 54.5 Å². The molecule has 2 atom stereocenters. The van der Waals surface area contributed by atoms with Gasteiger partial charge >= 0.3 is 0 Å². The Morgan fingerprint density at radius 2 is 1.95 bits per heavy atom. The molecule has 1 heterocycles. The first-order valence-electron chi connectivity index (χ1n) is 7.27. The summed E-state index contributed by atoms with van der Waals surface area (Å²) >= 11 is 0. The molecule has 5 heteroatoms. The standard InChI is InChI=1S/C14H25NO3S/c1-5-8-14-10-19(17,18)15(12(16)6-2)11(14)7-9-13(14,3)4/h11H,5-10H2,1-4H3. The maximum absolute atomic E-state index is 12.4. The van der Waals surface area contributed by atoms with Crippen LogP contribution < -0.4 is 0 Å². The van der Waals surface area contributed by atoms with Gasteiger partial charge in [0.15, 0.2) is 0 Å². The number of carbonyl (C=O) groups excluding carboxylic acids is 1. The van der Waals surface area contributed by atoms with Gasteiger partial charge in [0.2, 0.25) is 15.9 Å². The van der Waals surface area contributed by atoms with Gasteiger partial charge in [-0.05, 0) is 24.7 Å². The lowest BCUT2D eigenvalue weighted by Crippen LogP contribution is -2.44. The first-order valence-corrected chi connectivity index (χ1v) is 8.88. The summed E-state index contributed by atoms with van der Waals surface area (Å²) in [6.45, 7) is 8.16. The smallest absolute Gasteiger partial charge is 0.238 e.